The zero-order valence-electron chi connectivity index (χ0n) is 11.0. The van der Waals surface area contributed by atoms with Crippen molar-refractivity contribution in [3.8, 4) is 0 Å². The van der Waals surface area contributed by atoms with Crippen LogP contribution in [0.5, 0.6) is 0 Å². The minimum atomic E-state index is -0.616. The van der Waals surface area contributed by atoms with Crippen LogP contribution in [0.4, 0.5) is 4.79 Å². The van der Waals surface area contributed by atoms with Gasteiger partial charge in [0.15, 0.2) is 0 Å². The second-order valence-electron chi connectivity index (χ2n) is 4.05. The van der Waals surface area contributed by atoms with Gasteiger partial charge in [0.05, 0.1) is 6.61 Å². The molecule has 1 aromatic rings. The number of carbonyl (C=O) groups is 1. The number of hydrogen-bond acceptors (Lipinski definition) is 3. The summed E-state index contributed by atoms with van der Waals surface area (Å²) in [6.07, 6.45) is 2.63. The molecule has 0 saturated carbocycles. The van der Waals surface area contributed by atoms with E-state index >= 15 is 0 Å². The topological polar surface area (TPSA) is 35.5 Å². The Labute approximate surface area is 108 Å². The molecule has 0 aliphatic heterocycles. The molecule has 1 rings (SSSR count). The molecule has 0 spiro atoms. The average Bonchev–Trinajstić information content (AvgIpc) is 2.39. The third kappa shape index (κ3) is 4.24. The molecular formula is C15H20O3. The van der Waals surface area contributed by atoms with Gasteiger partial charge in [0.1, 0.15) is 6.10 Å². The van der Waals surface area contributed by atoms with Crippen LogP contribution in [-0.2, 0) is 9.47 Å². The minimum absolute atomic E-state index is 0.340. The third-order valence-electron chi connectivity index (χ3n) is 2.64. The zero-order valence-corrected chi connectivity index (χ0v) is 11.0. The molecule has 0 N–H and O–H groups in total. The van der Waals surface area contributed by atoms with Gasteiger partial charge in [0, 0.05) is 0 Å². The van der Waals surface area contributed by atoms with Crippen molar-refractivity contribution in [1.29, 1.82) is 0 Å². The Morgan fingerprint density at radius 3 is 2.83 bits per heavy atom. The lowest BCUT2D eigenvalue weighted by Gasteiger charge is -2.15. The Morgan fingerprint density at radius 2 is 2.17 bits per heavy atom. The fourth-order valence-electron chi connectivity index (χ4n) is 1.61. The van der Waals surface area contributed by atoms with Crippen molar-refractivity contribution in [2.45, 2.75) is 32.8 Å². The highest BCUT2D eigenvalue weighted by Gasteiger charge is 2.14. The number of hydrogen-bond donors (Lipinski definition) is 0. The van der Waals surface area contributed by atoms with Crippen LogP contribution in [0.3, 0.4) is 0 Å². The van der Waals surface area contributed by atoms with Gasteiger partial charge in [-0.15, -0.1) is 0 Å². The molecule has 0 aliphatic rings. The monoisotopic (exact) mass is 248 g/mol. The molecule has 0 amide bonds. The molecule has 3 heteroatoms. The molecule has 1 aromatic carbocycles. The summed E-state index contributed by atoms with van der Waals surface area (Å²) in [4.78, 5) is 11.4. The van der Waals surface area contributed by atoms with E-state index in [1.807, 2.05) is 38.1 Å². The first kappa shape index (κ1) is 14.3. The van der Waals surface area contributed by atoms with Gasteiger partial charge < -0.3 is 9.47 Å². The molecule has 0 bridgehead atoms. The van der Waals surface area contributed by atoms with Crippen molar-refractivity contribution in [2.75, 3.05) is 6.61 Å². The molecule has 3 nitrogen and oxygen atoms in total. The van der Waals surface area contributed by atoms with E-state index in [0.29, 0.717) is 6.61 Å². The summed E-state index contributed by atoms with van der Waals surface area (Å²) < 4.78 is 10.2. The number of carbonyl (C=O) groups excluding carboxylic acids is 1. The largest absolute Gasteiger partial charge is 0.508 e. The van der Waals surface area contributed by atoms with Crippen LogP contribution in [0.2, 0.25) is 0 Å². The molecule has 98 valence electrons. The van der Waals surface area contributed by atoms with Crippen LogP contribution in [0, 0.1) is 0 Å². The van der Waals surface area contributed by atoms with E-state index in [1.165, 1.54) is 0 Å². The zero-order chi connectivity index (χ0) is 13.4. The van der Waals surface area contributed by atoms with Gasteiger partial charge in [-0.25, -0.2) is 4.79 Å². The first-order chi connectivity index (χ1) is 8.69. The van der Waals surface area contributed by atoms with Gasteiger partial charge >= 0.3 is 6.16 Å². The fraction of sp³-hybridized carbons (Fsp3) is 0.400. The second-order valence-corrected chi connectivity index (χ2v) is 4.05. The normalized spacial score (nSPS) is 11.7. The number of unbranched alkanes of at least 4 members (excludes halogenated alkanes) is 1. The molecule has 0 radical (unpaired) electrons. The standard InChI is InChI=1S/C15H20O3/c1-4-6-11-17-15(16)18-12(3)14-10-8-7-9-13(14)5-2/h5,7-10,12H,2,4,6,11H2,1,3H3. The number of ether oxygens (including phenoxy) is 2. The highest BCUT2D eigenvalue weighted by atomic mass is 16.7. The SMILES string of the molecule is C=Cc1ccccc1C(C)OC(=O)OCCCC. The van der Waals surface area contributed by atoms with Gasteiger partial charge in [-0.3, -0.25) is 0 Å². The van der Waals surface area contributed by atoms with Gasteiger partial charge in [0.25, 0.3) is 0 Å². The predicted octanol–water partition coefficient (Wildman–Crippen LogP) is 4.34. The molecule has 0 fully saturated rings. The smallest absolute Gasteiger partial charge is 0.434 e. The van der Waals surface area contributed by atoms with Crippen molar-refractivity contribution in [2.24, 2.45) is 0 Å². The van der Waals surface area contributed by atoms with Crippen LogP contribution >= 0.6 is 0 Å². The Bertz CT molecular complexity index is 398. The summed E-state index contributed by atoms with van der Waals surface area (Å²) >= 11 is 0. The van der Waals surface area contributed by atoms with E-state index in [0.717, 1.165) is 24.0 Å². The summed E-state index contributed by atoms with van der Waals surface area (Å²) in [6.45, 7) is 8.01. The van der Waals surface area contributed by atoms with Crippen molar-refractivity contribution in [1.82, 2.24) is 0 Å². The van der Waals surface area contributed by atoms with E-state index in [4.69, 9.17) is 9.47 Å². The maximum Gasteiger partial charge on any atom is 0.508 e. The summed E-state index contributed by atoms with van der Waals surface area (Å²) in [5.41, 5.74) is 1.89. The first-order valence-electron chi connectivity index (χ1n) is 6.23. The third-order valence-corrected chi connectivity index (χ3v) is 2.64. The van der Waals surface area contributed by atoms with Crippen LogP contribution in [0.25, 0.3) is 6.08 Å². The average molecular weight is 248 g/mol. The molecule has 1 atom stereocenters. The van der Waals surface area contributed by atoms with Gasteiger partial charge in [-0.2, -0.15) is 0 Å². The highest BCUT2D eigenvalue weighted by Crippen LogP contribution is 2.22. The summed E-state index contributed by atoms with van der Waals surface area (Å²) in [5, 5.41) is 0. The Morgan fingerprint density at radius 1 is 1.44 bits per heavy atom. The van der Waals surface area contributed by atoms with E-state index in [1.54, 1.807) is 6.08 Å². The Balaban J connectivity index is 2.56. The second kappa shape index (κ2) is 7.54. The van der Waals surface area contributed by atoms with Gasteiger partial charge in [-0.05, 0) is 24.5 Å². The highest BCUT2D eigenvalue weighted by molar-refractivity contribution is 5.61. The van der Waals surface area contributed by atoms with Crippen molar-refractivity contribution in [3.63, 3.8) is 0 Å². The summed E-state index contributed by atoms with van der Waals surface area (Å²) in [7, 11) is 0. The number of benzene rings is 1. The lowest BCUT2D eigenvalue weighted by Crippen LogP contribution is -2.12. The molecule has 18 heavy (non-hydrogen) atoms. The maximum atomic E-state index is 11.4. The summed E-state index contributed by atoms with van der Waals surface area (Å²) in [5.74, 6) is 0. The lowest BCUT2D eigenvalue weighted by molar-refractivity contribution is 0.0279. The first-order valence-corrected chi connectivity index (χ1v) is 6.23. The fourth-order valence-corrected chi connectivity index (χ4v) is 1.61. The predicted molar refractivity (Wildman–Crippen MR) is 72.3 cm³/mol. The van der Waals surface area contributed by atoms with E-state index in [9.17, 15) is 4.79 Å². The Kier molecular flexibility index (Phi) is 5.98. The molecule has 0 aromatic heterocycles. The molecule has 1 unspecified atom stereocenters. The van der Waals surface area contributed by atoms with Gasteiger partial charge in [-0.1, -0.05) is 50.3 Å². The molecule has 0 aliphatic carbocycles. The quantitative estimate of drug-likeness (QED) is 0.554. The molecule has 0 heterocycles. The molecule has 0 saturated heterocycles. The van der Waals surface area contributed by atoms with Crippen LogP contribution in [-0.4, -0.2) is 12.8 Å². The van der Waals surface area contributed by atoms with Crippen molar-refractivity contribution >= 4 is 12.2 Å². The minimum Gasteiger partial charge on any atom is -0.434 e. The van der Waals surface area contributed by atoms with E-state index in [-0.39, 0.29) is 6.10 Å². The van der Waals surface area contributed by atoms with Crippen LogP contribution in [0.1, 0.15) is 43.9 Å². The summed E-state index contributed by atoms with van der Waals surface area (Å²) in [6, 6.07) is 7.68. The molecular weight excluding hydrogens is 228 g/mol. The van der Waals surface area contributed by atoms with Crippen LogP contribution < -0.4 is 0 Å². The number of rotatable bonds is 6. The van der Waals surface area contributed by atoms with Crippen molar-refractivity contribution < 1.29 is 14.3 Å². The van der Waals surface area contributed by atoms with Gasteiger partial charge in [0.2, 0.25) is 0 Å². The Hall–Kier alpha value is -1.77. The lowest BCUT2D eigenvalue weighted by atomic mass is 10.0. The van der Waals surface area contributed by atoms with E-state index in [2.05, 4.69) is 6.58 Å². The van der Waals surface area contributed by atoms with Crippen LogP contribution in [0.15, 0.2) is 30.8 Å². The maximum absolute atomic E-state index is 11.4. The van der Waals surface area contributed by atoms with Crippen molar-refractivity contribution in [3.05, 3.63) is 42.0 Å². The van der Waals surface area contributed by atoms with E-state index < -0.39 is 6.16 Å².